The van der Waals surface area contributed by atoms with E-state index >= 15 is 0 Å². The van der Waals surface area contributed by atoms with E-state index in [1.165, 1.54) is 38.4 Å². The Kier molecular flexibility index (Phi) is 3.86. The molecule has 1 aromatic rings. The van der Waals surface area contributed by atoms with Gasteiger partial charge in [-0.3, -0.25) is 14.5 Å². The third-order valence-corrected chi connectivity index (χ3v) is 4.45. The first kappa shape index (κ1) is 13.1. The normalized spacial score (nSPS) is 31.6. The molecule has 2 bridgehead atoms. The van der Waals surface area contributed by atoms with E-state index in [-0.39, 0.29) is 0 Å². The van der Waals surface area contributed by atoms with Gasteiger partial charge in [-0.15, -0.1) is 0 Å². The minimum atomic E-state index is 0.517. The molecule has 4 heterocycles. The lowest BCUT2D eigenvalue weighted by Crippen LogP contribution is -2.66. The van der Waals surface area contributed by atoms with Gasteiger partial charge in [0, 0.05) is 64.5 Å². The first-order valence-electron chi connectivity index (χ1n) is 7.44. The molecule has 4 rings (SSSR count). The van der Waals surface area contributed by atoms with Gasteiger partial charge in [-0.1, -0.05) is 6.92 Å². The molecule has 19 heavy (non-hydrogen) atoms. The van der Waals surface area contributed by atoms with Crippen molar-refractivity contribution in [3.05, 3.63) is 18.0 Å². The molecule has 0 saturated carbocycles. The molecule has 5 heteroatoms. The highest BCUT2D eigenvalue weighted by molar-refractivity contribution is 5.05. The summed E-state index contributed by atoms with van der Waals surface area (Å²) in [7, 11) is 1.99. The topological polar surface area (TPSA) is 36.3 Å². The number of likely N-dealkylation sites (N-methyl/N-ethyl adjacent to an activating group) is 1. The maximum atomic E-state index is 4.53. The molecule has 0 radical (unpaired) electrons. The molecule has 106 valence electrons. The summed E-state index contributed by atoms with van der Waals surface area (Å²) in [6.45, 7) is 9.40. The highest BCUT2D eigenvalue weighted by Gasteiger charge is 2.36. The Bertz CT molecular complexity index is 408. The lowest BCUT2D eigenvalue weighted by Gasteiger charge is -2.50. The van der Waals surface area contributed by atoms with Crippen molar-refractivity contribution < 1.29 is 0 Å². The van der Waals surface area contributed by atoms with Crippen LogP contribution in [0.2, 0.25) is 0 Å². The lowest BCUT2D eigenvalue weighted by atomic mass is 9.96. The van der Waals surface area contributed by atoms with Crippen molar-refractivity contribution in [2.75, 3.05) is 39.3 Å². The summed E-state index contributed by atoms with van der Waals surface area (Å²) >= 11 is 0. The fourth-order valence-electron chi connectivity index (χ4n) is 3.44. The van der Waals surface area contributed by atoms with Crippen molar-refractivity contribution in [3.8, 4) is 0 Å². The standard InChI is InChI=1S/C14H25N5/c1-3-15-13(10-12-4-5-17(2)16-12)14-11-18-6-8-19(14)9-7-18/h4-5,13-15H,3,6-11H2,1-2H3. The third-order valence-electron chi connectivity index (χ3n) is 4.45. The number of rotatable bonds is 5. The van der Waals surface area contributed by atoms with Gasteiger partial charge < -0.3 is 5.32 Å². The lowest BCUT2D eigenvalue weighted by molar-refractivity contribution is -0.00303. The van der Waals surface area contributed by atoms with Gasteiger partial charge >= 0.3 is 0 Å². The summed E-state index contributed by atoms with van der Waals surface area (Å²) < 4.78 is 1.90. The third kappa shape index (κ3) is 2.83. The quantitative estimate of drug-likeness (QED) is 0.807. The van der Waals surface area contributed by atoms with Crippen molar-refractivity contribution in [3.63, 3.8) is 0 Å². The van der Waals surface area contributed by atoms with Gasteiger partial charge in [0.05, 0.1) is 5.69 Å². The van der Waals surface area contributed by atoms with E-state index in [9.17, 15) is 0 Å². The van der Waals surface area contributed by atoms with Crippen LogP contribution in [0.5, 0.6) is 0 Å². The van der Waals surface area contributed by atoms with Crippen LogP contribution in [0.4, 0.5) is 0 Å². The van der Waals surface area contributed by atoms with Crippen LogP contribution in [0.25, 0.3) is 0 Å². The number of aromatic nitrogens is 2. The van der Waals surface area contributed by atoms with Crippen LogP contribution in [0.1, 0.15) is 12.6 Å². The molecule has 3 aliphatic heterocycles. The molecule has 3 saturated heterocycles. The Morgan fingerprint density at radius 2 is 2.16 bits per heavy atom. The van der Waals surface area contributed by atoms with Crippen LogP contribution in [0.3, 0.4) is 0 Å². The fraction of sp³-hybridized carbons (Fsp3) is 0.786. The Balaban J connectivity index is 1.69. The Morgan fingerprint density at radius 1 is 1.37 bits per heavy atom. The number of aryl methyl sites for hydroxylation is 1. The van der Waals surface area contributed by atoms with E-state index in [1.807, 2.05) is 17.9 Å². The molecule has 2 atom stereocenters. The molecule has 0 spiro atoms. The number of hydrogen-bond acceptors (Lipinski definition) is 4. The first-order chi connectivity index (χ1) is 9.26. The second kappa shape index (κ2) is 5.61. The number of nitrogens with one attached hydrogen (secondary N) is 1. The number of hydrogen-bond donors (Lipinski definition) is 1. The van der Waals surface area contributed by atoms with Gasteiger partial charge in [0.1, 0.15) is 0 Å². The van der Waals surface area contributed by atoms with Crippen molar-refractivity contribution in [2.24, 2.45) is 7.05 Å². The molecule has 0 aliphatic carbocycles. The van der Waals surface area contributed by atoms with Gasteiger partial charge in [-0.2, -0.15) is 5.10 Å². The van der Waals surface area contributed by atoms with Crippen molar-refractivity contribution in [1.82, 2.24) is 24.9 Å². The molecule has 2 unspecified atom stereocenters. The minimum absolute atomic E-state index is 0.517. The van der Waals surface area contributed by atoms with E-state index in [0.717, 1.165) is 13.0 Å². The highest BCUT2D eigenvalue weighted by atomic mass is 15.4. The Labute approximate surface area is 115 Å². The molecule has 0 aromatic carbocycles. The van der Waals surface area contributed by atoms with Gasteiger partial charge in [-0.25, -0.2) is 0 Å². The van der Waals surface area contributed by atoms with Crippen LogP contribution < -0.4 is 5.32 Å². The van der Waals surface area contributed by atoms with Gasteiger partial charge in [0.25, 0.3) is 0 Å². The molecule has 3 fully saturated rings. The van der Waals surface area contributed by atoms with E-state index < -0.39 is 0 Å². The molecular formula is C14H25N5. The van der Waals surface area contributed by atoms with Crippen molar-refractivity contribution >= 4 is 0 Å². The van der Waals surface area contributed by atoms with Gasteiger partial charge in [0.15, 0.2) is 0 Å². The maximum Gasteiger partial charge on any atom is 0.0640 e. The smallest absolute Gasteiger partial charge is 0.0640 e. The summed E-state index contributed by atoms with van der Waals surface area (Å²) in [5.74, 6) is 0. The van der Waals surface area contributed by atoms with Crippen LogP contribution in [0.15, 0.2) is 12.3 Å². The highest BCUT2D eigenvalue weighted by Crippen LogP contribution is 2.20. The molecule has 1 aromatic heterocycles. The molecule has 1 N–H and O–H groups in total. The number of fused-ring (bicyclic) bond motifs is 3. The zero-order valence-corrected chi connectivity index (χ0v) is 12.0. The van der Waals surface area contributed by atoms with E-state index in [4.69, 9.17) is 0 Å². The number of nitrogens with zero attached hydrogens (tertiary/aromatic N) is 4. The molecule has 0 amide bonds. The molecule has 5 nitrogen and oxygen atoms in total. The summed E-state index contributed by atoms with van der Waals surface area (Å²) in [6.07, 6.45) is 3.07. The van der Waals surface area contributed by atoms with Crippen LogP contribution in [0, 0.1) is 0 Å². The summed E-state index contributed by atoms with van der Waals surface area (Å²) in [4.78, 5) is 5.27. The predicted octanol–water partition coefficient (Wildman–Crippen LogP) is -0.0595. The second-order valence-electron chi connectivity index (χ2n) is 5.75. The fourth-order valence-corrected chi connectivity index (χ4v) is 3.44. The van der Waals surface area contributed by atoms with Crippen LogP contribution >= 0.6 is 0 Å². The van der Waals surface area contributed by atoms with Gasteiger partial charge in [0.2, 0.25) is 0 Å². The van der Waals surface area contributed by atoms with Crippen LogP contribution in [-0.2, 0) is 13.5 Å². The summed E-state index contributed by atoms with van der Waals surface area (Å²) in [5, 5.41) is 8.21. The number of piperazine rings is 3. The zero-order chi connectivity index (χ0) is 13.2. The SMILES string of the molecule is CCNC(Cc1ccn(C)n1)C1CN2CCN1CC2. The van der Waals surface area contributed by atoms with E-state index in [0.29, 0.717) is 12.1 Å². The van der Waals surface area contributed by atoms with E-state index in [2.05, 4.69) is 33.2 Å². The first-order valence-corrected chi connectivity index (χ1v) is 7.44. The van der Waals surface area contributed by atoms with E-state index in [1.54, 1.807) is 0 Å². The minimum Gasteiger partial charge on any atom is -0.312 e. The molecule has 3 aliphatic rings. The Hall–Kier alpha value is -0.910. The average Bonchev–Trinajstić information content (AvgIpc) is 2.85. The second-order valence-corrected chi connectivity index (χ2v) is 5.75. The summed E-state index contributed by atoms with van der Waals surface area (Å²) in [6, 6.07) is 3.30. The zero-order valence-electron chi connectivity index (χ0n) is 12.0. The predicted molar refractivity (Wildman–Crippen MR) is 76.2 cm³/mol. The molecular weight excluding hydrogens is 238 g/mol. The summed E-state index contributed by atoms with van der Waals surface area (Å²) in [5.41, 5.74) is 1.20. The Morgan fingerprint density at radius 3 is 2.68 bits per heavy atom. The maximum absolute atomic E-state index is 4.53. The van der Waals surface area contributed by atoms with Crippen LogP contribution in [-0.4, -0.2) is 70.9 Å². The largest absolute Gasteiger partial charge is 0.312 e. The average molecular weight is 263 g/mol. The monoisotopic (exact) mass is 263 g/mol. The van der Waals surface area contributed by atoms with Crippen molar-refractivity contribution in [2.45, 2.75) is 25.4 Å². The van der Waals surface area contributed by atoms with Gasteiger partial charge in [-0.05, 0) is 12.6 Å². The van der Waals surface area contributed by atoms with Crippen molar-refractivity contribution in [1.29, 1.82) is 0 Å².